The van der Waals surface area contributed by atoms with E-state index in [9.17, 15) is 0 Å². The number of rotatable bonds is 4. The maximum atomic E-state index is 4.77. The zero-order chi connectivity index (χ0) is 10.9. The molecule has 0 aromatic carbocycles. The Labute approximate surface area is 96.1 Å². The Balaban J connectivity index is 2.14. The van der Waals surface area contributed by atoms with Crippen molar-refractivity contribution in [3.63, 3.8) is 0 Å². The van der Waals surface area contributed by atoms with Gasteiger partial charge in [0.1, 0.15) is 5.01 Å². The summed E-state index contributed by atoms with van der Waals surface area (Å²) in [6, 6.07) is 0. The van der Waals surface area contributed by atoms with Crippen LogP contribution in [0.15, 0.2) is 0 Å². The van der Waals surface area contributed by atoms with Crippen LogP contribution < -0.4 is 5.32 Å². The van der Waals surface area contributed by atoms with Crippen molar-refractivity contribution in [2.24, 2.45) is 0 Å². The first kappa shape index (κ1) is 11.1. The summed E-state index contributed by atoms with van der Waals surface area (Å²) < 4.78 is 0. The van der Waals surface area contributed by atoms with E-state index in [1.807, 2.05) is 11.3 Å². The molecule has 2 nitrogen and oxygen atoms in total. The third-order valence-electron chi connectivity index (χ3n) is 2.95. The molecule has 0 saturated carbocycles. The minimum Gasteiger partial charge on any atom is -0.306 e. The van der Waals surface area contributed by atoms with Gasteiger partial charge in [-0.3, -0.25) is 0 Å². The summed E-state index contributed by atoms with van der Waals surface area (Å²) in [7, 11) is 0. The quantitative estimate of drug-likeness (QED) is 0.850. The minimum absolute atomic E-state index is 0.0466. The molecule has 2 rings (SSSR count). The second kappa shape index (κ2) is 4.22. The molecule has 0 aliphatic heterocycles. The average Bonchev–Trinajstić information content (AvgIpc) is 2.73. The van der Waals surface area contributed by atoms with E-state index in [0.29, 0.717) is 0 Å². The molecule has 1 heterocycles. The van der Waals surface area contributed by atoms with Crippen molar-refractivity contribution < 1.29 is 0 Å². The monoisotopic (exact) mass is 224 g/mol. The van der Waals surface area contributed by atoms with Crippen LogP contribution in [0.4, 0.5) is 0 Å². The van der Waals surface area contributed by atoms with Gasteiger partial charge in [-0.1, -0.05) is 6.92 Å². The topological polar surface area (TPSA) is 24.9 Å². The number of nitrogens with one attached hydrogen (secondary N) is 1. The third-order valence-corrected chi connectivity index (χ3v) is 4.43. The van der Waals surface area contributed by atoms with E-state index in [2.05, 4.69) is 26.1 Å². The van der Waals surface area contributed by atoms with Gasteiger partial charge in [0.15, 0.2) is 0 Å². The van der Waals surface area contributed by atoms with Gasteiger partial charge in [-0.2, -0.15) is 0 Å². The molecule has 0 atom stereocenters. The van der Waals surface area contributed by atoms with Crippen molar-refractivity contribution in [1.82, 2.24) is 10.3 Å². The summed E-state index contributed by atoms with van der Waals surface area (Å²) in [6.45, 7) is 7.73. The molecule has 0 fully saturated rings. The van der Waals surface area contributed by atoms with Crippen LogP contribution in [-0.2, 0) is 18.4 Å². The molecule has 84 valence electrons. The summed E-state index contributed by atoms with van der Waals surface area (Å²) in [5.74, 6) is 0. The van der Waals surface area contributed by atoms with E-state index in [-0.39, 0.29) is 5.54 Å². The number of hydrogen-bond donors (Lipinski definition) is 1. The van der Waals surface area contributed by atoms with Crippen LogP contribution in [0.1, 0.15) is 49.2 Å². The fourth-order valence-electron chi connectivity index (χ4n) is 1.97. The van der Waals surface area contributed by atoms with Crippen LogP contribution in [0.5, 0.6) is 0 Å². The van der Waals surface area contributed by atoms with E-state index in [4.69, 9.17) is 4.98 Å². The fourth-order valence-corrected chi connectivity index (χ4v) is 3.20. The molecule has 0 unspecified atom stereocenters. The smallest absolute Gasteiger partial charge is 0.113 e. The predicted molar refractivity (Wildman–Crippen MR) is 65.5 cm³/mol. The Kier molecular flexibility index (Phi) is 3.12. The Bertz CT molecular complexity index is 320. The van der Waals surface area contributed by atoms with Crippen LogP contribution in [0.25, 0.3) is 0 Å². The summed E-state index contributed by atoms with van der Waals surface area (Å²) in [6.07, 6.45) is 4.92. The van der Waals surface area contributed by atoms with E-state index < -0.39 is 0 Å². The normalized spacial score (nSPS) is 15.7. The minimum atomic E-state index is 0.0466. The van der Waals surface area contributed by atoms with E-state index in [1.54, 1.807) is 0 Å². The standard InChI is InChI=1S/C12H20N2S/c1-4-8-13-12(2,3)11-14-9-6-5-7-10(9)15-11/h13H,4-8H2,1-3H3. The van der Waals surface area contributed by atoms with E-state index >= 15 is 0 Å². The van der Waals surface area contributed by atoms with Crippen LogP contribution >= 0.6 is 11.3 Å². The van der Waals surface area contributed by atoms with E-state index in [0.717, 1.165) is 6.54 Å². The van der Waals surface area contributed by atoms with Gasteiger partial charge in [-0.25, -0.2) is 4.98 Å². The molecule has 1 aliphatic carbocycles. The summed E-state index contributed by atoms with van der Waals surface area (Å²) in [4.78, 5) is 6.30. The van der Waals surface area contributed by atoms with Crippen molar-refractivity contribution in [3.8, 4) is 0 Å². The highest BCUT2D eigenvalue weighted by Gasteiger charge is 2.26. The first-order valence-electron chi connectivity index (χ1n) is 5.87. The van der Waals surface area contributed by atoms with Crippen molar-refractivity contribution in [2.45, 2.75) is 52.0 Å². The van der Waals surface area contributed by atoms with Crippen molar-refractivity contribution >= 4 is 11.3 Å². The SMILES string of the molecule is CCCNC(C)(C)c1nc2c(s1)CCC2. The molecule has 1 aromatic heterocycles. The molecule has 0 spiro atoms. The Hall–Kier alpha value is -0.410. The molecule has 1 N–H and O–H groups in total. The number of nitrogens with zero attached hydrogens (tertiary/aromatic N) is 1. The lowest BCUT2D eigenvalue weighted by molar-refractivity contribution is 0.401. The average molecular weight is 224 g/mol. The molecular formula is C12H20N2S. The van der Waals surface area contributed by atoms with Gasteiger partial charge in [-0.15, -0.1) is 11.3 Å². The van der Waals surface area contributed by atoms with Gasteiger partial charge in [0.2, 0.25) is 0 Å². The highest BCUT2D eigenvalue weighted by molar-refractivity contribution is 7.12. The lowest BCUT2D eigenvalue weighted by Gasteiger charge is -2.23. The second-order valence-corrected chi connectivity index (χ2v) is 5.88. The van der Waals surface area contributed by atoms with Gasteiger partial charge >= 0.3 is 0 Å². The van der Waals surface area contributed by atoms with Crippen molar-refractivity contribution in [3.05, 3.63) is 15.6 Å². The van der Waals surface area contributed by atoms with Crippen molar-refractivity contribution in [1.29, 1.82) is 0 Å². The molecule has 1 aliphatic rings. The van der Waals surface area contributed by atoms with Gasteiger partial charge in [0.05, 0.1) is 11.2 Å². The summed E-state index contributed by atoms with van der Waals surface area (Å²) in [5.41, 5.74) is 1.41. The van der Waals surface area contributed by atoms with E-state index in [1.165, 1.54) is 41.3 Å². The van der Waals surface area contributed by atoms with Crippen LogP contribution in [-0.4, -0.2) is 11.5 Å². The number of aromatic nitrogens is 1. The molecule has 1 aromatic rings. The largest absolute Gasteiger partial charge is 0.306 e. The molecule has 0 bridgehead atoms. The molecule has 0 amide bonds. The number of aryl methyl sites for hydroxylation is 2. The predicted octanol–water partition coefficient (Wildman–Crippen LogP) is 2.87. The number of fused-ring (bicyclic) bond motifs is 1. The summed E-state index contributed by atoms with van der Waals surface area (Å²) >= 11 is 1.91. The molecule has 0 saturated heterocycles. The number of hydrogen-bond acceptors (Lipinski definition) is 3. The zero-order valence-electron chi connectivity index (χ0n) is 9.89. The van der Waals surface area contributed by atoms with Gasteiger partial charge < -0.3 is 5.32 Å². The fraction of sp³-hybridized carbons (Fsp3) is 0.750. The lowest BCUT2D eigenvalue weighted by atomic mass is 10.1. The Morgan fingerprint density at radius 2 is 2.20 bits per heavy atom. The van der Waals surface area contributed by atoms with Crippen LogP contribution in [0.2, 0.25) is 0 Å². The Morgan fingerprint density at radius 1 is 1.40 bits per heavy atom. The maximum absolute atomic E-state index is 4.77. The zero-order valence-corrected chi connectivity index (χ0v) is 10.7. The number of thiazole rings is 1. The Morgan fingerprint density at radius 3 is 2.87 bits per heavy atom. The molecule has 3 heteroatoms. The van der Waals surface area contributed by atoms with Gasteiger partial charge in [0.25, 0.3) is 0 Å². The molecule has 15 heavy (non-hydrogen) atoms. The van der Waals surface area contributed by atoms with Gasteiger partial charge in [-0.05, 0) is 46.1 Å². The first-order chi connectivity index (χ1) is 7.13. The van der Waals surface area contributed by atoms with Crippen molar-refractivity contribution in [2.75, 3.05) is 6.54 Å². The lowest BCUT2D eigenvalue weighted by Crippen LogP contribution is -2.36. The van der Waals surface area contributed by atoms with Gasteiger partial charge in [0, 0.05) is 4.88 Å². The highest BCUT2D eigenvalue weighted by atomic mass is 32.1. The first-order valence-corrected chi connectivity index (χ1v) is 6.69. The second-order valence-electron chi connectivity index (χ2n) is 4.79. The molecular weight excluding hydrogens is 204 g/mol. The third kappa shape index (κ3) is 2.23. The highest BCUT2D eigenvalue weighted by Crippen LogP contribution is 2.32. The van der Waals surface area contributed by atoms with Crippen LogP contribution in [0, 0.1) is 0 Å². The maximum Gasteiger partial charge on any atom is 0.113 e. The summed E-state index contributed by atoms with van der Waals surface area (Å²) in [5, 5.41) is 4.83. The van der Waals surface area contributed by atoms with Crippen LogP contribution in [0.3, 0.4) is 0 Å². The molecule has 0 radical (unpaired) electrons.